The lowest BCUT2D eigenvalue weighted by Gasteiger charge is -2.39. The van der Waals surface area contributed by atoms with Gasteiger partial charge in [0, 0.05) is 25.2 Å². The molecule has 1 fully saturated rings. The normalized spacial score (nSPS) is 33.7. The van der Waals surface area contributed by atoms with Gasteiger partial charge in [0.05, 0.1) is 6.04 Å². The van der Waals surface area contributed by atoms with Crippen LogP contribution in [-0.2, 0) is 6.42 Å². The van der Waals surface area contributed by atoms with E-state index in [0.717, 1.165) is 12.2 Å². The van der Waals surface area contributed by atoms with E-state index in [0.29, 0.717) is 12.6 Å². The largest absolute Gasteiger partial charge is 0.345 e. The van der Waals surface area contributed by atoms with Crippen molar-refractivity contribution < 1.29 is 4.39 Å². The quantitative estimate of drug-likeness (QED) is 0.646. The predicted octanol–water partition coefficient (Wildman–Crippen LogP) is 1.10. The fourth-order valence-electron chi connectivity index (χ4n) is 2.60. The molecular formula is C11H14FN3. The molecule has 0 saturated carbocycles. The first-order valence-corrected chi connectivity index (χ1v) is 5.37. The predicted molar refractivity (Wildman–Crippen MR) is 56.6 cm³/mol. The van der Waals surface area contributed by atoms with E-state index in [-0.39, 0.29) is 6.04 Å². The highest BCUT2D eigenvalue weighted by Gasteiger charge is 2.41. The molecule has 80 valence electrons. The summed E-state index contributed by atoms with van der Waals surface area (Å²) in [5.74, 6) is 0.971. The van der Waals surface area contributed by atoms with Crippen molar-refractivity contribution in [2.75, 3.05) is 11.4 Å². The van der Waals surface area contributed by atoms with Crippen LogP contribution in [0.15, 0.2) is 18.3 Å². The minimum Gasteiger partial charge on any atom is -0.345 e. The van der Waals surface area contributed by atoms with Crippen molar-refractivity contribution in [3.8, 4) is 0 Å². The summed E-state index contributed by atoms with van der Waals surface area (Å²) in [4.78, 5) is 6.48. The SMILES string of the molecule is CC1CNC(F)C2Cc3cccnc3N12. The molecule has 15 heavy (non-hydrogen) atoms. The third-order valence-electron chi connectivity index (χ3n) is 3.32. The first-order valence-electron chi connectivity index (χ1n) is 5.37. The Morgan fingerprint density at radius 3 is 3.33 bits per heavy atom. The van der Waals surface area contributed by atoms with E-state index in [9.17, 15) is 4.39 Å². The lowest BCUT2D eigenvalue weighted by molar-refractivity contribution is 0.187. The van der Waals surface area contributed by atoms with Crippen molar-refractivity contribution in [1.82, 2.24) is 10.3 Å². The number of hydrogen-bond acceptors (Lipinski definition) is 3. The Kier molecular flexibility index (Phi) is 1.92. The lowest BCUT2D eigenvalue weighted by atomic mass is 10.1. The Bertz CT molecular complexity index is 382. The van der Waals surface area contributed by atoms with Crippen LogP contribution in [0.2, 0.25) is 0 Å². The van der Waals surface area contributed by atoms with E-state index >= 15 is 0 Å². The zero-order valence-corrected chi connectivity index (χ0v) is 8.65. The van der Waals surface area contributed by atoms with Gasteiger partial charge < -0.3 is 4.90 Å². The number of pyridine rings is 1. The van der Waals surface area contributed by atoms with E-state index in [1.165, 1.54) is 5.56 Å². The van der Waals surface area contributed by atoms with Gasteiger partial charge in [-0.2, -0.15) is 0 Å². The number of halogens is 1. The van der Waals surface area contributed by atoms with Crippen LogP contribution in [0.5, 0.6) is 0 Å². The molecule has 1 N–H and O–H groups in total. The number of alkyl halides is 1. The van der Waals surface area contributed by atoms with E-state index in [2.05, 4.69) is 22.1 Å². The number of aromatic nitrogens is 1. The van der Waals surface area contributed by atoms with Crippen molar-refractivity contribution in [2.45, 2.75) is 31.7 Å². The van der Waals surface area contributed by atoms with Crippen LogP contribution >= 0.6 is 0 Å². The maximum atomic E-state index is 13.7. The van der Waals surface area contributed by atoms with Crippen molar-refractivity contribution in [3.05, 3.63) is 23.9 Å². The van der Waals surface area contributed by atoms with Crippen LogP contribution in [0, 0.1) is 0 Å². The third-order valence-corrected chi connectivity index (χ3v) is 3.32. The summed E-state index contributed by atoms with van der Waals surface area (Å²) in [5.41, 5.74) is 1.17. The Morgan fingerprint density at radius 1 is 1.60 bits per heavy atom. The smallest absolute Gasteiger partial charge is 0.172 e. The van der Waals surface area contributed by atoms with Gasteiger partial charge in [-0.15, -0.1) is 0 Å². The highest BCUT2D eigenvalue weighted by atomic mass is 19.1. The molecule has 3 atom stereocenters. The fourth-order valence-corrected chi connectivity index (χ4v) is 2.60. The molecule has 3 nitrogen and oxygen atoms in total. The monoisotopic (exact) mass is 207 g/mol. The van der Waals surface area contributed by atoms with Crippen molar-refractivity contribution in [2.24, 2.45) is 0 Å². The summed E-state index contributed by atoms with van der Waals surface area (Å²) >= 11 is 0. The summed E-state index contributed by atoms with van der Waals surface area (Å²) in [6, 6.07) is 4.21. The number of rotatable bonds is 0. The molecule has 0 bridgehead atoms. The molecule has 0 aliphatic carbocycles. The maximum Gasteiger partial charge on any atom is 0.172 e. The molecule has 1 saturated heterocycles. The van der Waals surface area contributed by atoms with Crippen molar-refractivity contribution in [1.29, 1.82) is 0 Å². The van der Waals surface area contributed by atoms with Crippen molar-refractivity contribution in [3.63, 3.8) is 0 Å². The topological polar surface area (TPSA) is 28.2 Å². The maximum absolute atomic E-state index is 13.7. The number of fused-ring (bicyclic) bond motifs is 3. The number of nitrogens with one attached hydrogen (secondary N) is 1. The van der Waals surface area contributed by atoms with E-state index in [4.69, 9.17) is 0 Å². The average Bonchev–Trinajstić information content (AvgIpc) is 2.64. The Hall–Kier alpha value is -1.16. The fraction of sp³-hybridized carbons (Fsp3) is 0.545. The highest BCUT2D eigenvalue weighted by molar-refractivity contribution is 5.55. The first-order chi connectivity index (χ1) is 7.27. The van der Waals surface area contributed by atoms with Crippen LogP contribution in [0.1, 0.15) is 12.5 Å². The lowest BCUT2D eigenvalue weighted by Crippen LogP contribution is -2.59. The molecule has 3 heterocycles. The average molecular weight is 207 g/mol. The third kappa shape index (κ3) is 1.24. The number of piperazine rings is 1. The van der Waals surface area contributed by atoms with Gasteiger partial charge in [0.25, 0.3) is 0 Å². The van der Waals surface area contributed by atoms with Crippen LogP contribution in [-0.4, -0.2) is 29.9 Å². The molecule has 0 radical (unpaired) electrons. The van der Waals surface area contributed by atoms with E-state index in [1.54, 1.807) is 6.20 Å². The molecule has 3 rings (SSSR count). The van der Waals surface area contributed by atoms with Crippen molar-refractivity contribution >= 4 is 5.82 Å². The molecule has 2 aliphatic heterocycles. The van der Waals surface area contributed by atoms with Gasteiger partial charge in [-0.05, 0) is 18.6 Å². The Morgan fingerprint density at radius 2 is 2.47 bits per heavy atom. The standard InChI is InChI=1S/C11H14FN3/c1-7-6-14-10(12)9-5-8-3-2-4-13-11(8)15(7)9/h2-4,7,9-10,14H,5-6H2,1H3. The Balaban J connectivity index is 2.03. The second kappa shape index (κ2) is 3.17. The minimum atomic E-state index is -0.935. The zero-order valence-electron chi connectivity index (χ0n) is 8.65. The number of nitrogens with zero attached hydrogens (tertiary/aromatic N) is 2. The second-order valence-corrected chi connectivity index (χ2v) is 4.32. The van der Waals surface area contributed by atoms with Gasteiger partial charge in [-0.25, -0.2) is 9.37 Å². The first kappa shape index (κ1) is 9.09. The summed E-state index contributed by atoms with van der Waals surface area (Å²) in [5, 5.41) is 2.90. The number of anilines is 1. The van der Waals surface area contributed by atoms with Crippen LogP contribution in [0.25, 0.3) is 0 Å². The second-order valence-electron chi connectivity index (χ2n) is 4.32. The van der Waals surface area contributed by atoms with Crippen LogP contribution in [0.3, 0.4) is 0 Å². The summed E-state index contributed by atoms with van der Waals surface area (Å²) in [6.45, 7) is 2.79. The molecular weight excluding hydrogens is 193 g/mol. The van der Waals surface area contributed by atoms with Crippen LogP contribution < -0.4 is 10.2 Å². The number of hydrogen-bond donors (Lipinski definition) is 1. The summed E-state index contributed by atoms with van der Waals surface area (Å²) < 4.78 is 13.7. The van der Waals surface area contributed by atoms with E-state index < -0.39 is 6.30 Å². The summed E-state index contributed by atoms with van der Waals surface area (Å²) in [7, 11) is 0. The van der Waals surface area contributed by atoms with Gasteiger partial charge >= 0.3 is 0 Å². The Labute approximate surface area is 88.3 Å². The molecule has 1 aromatic heterocycles. The molecule has 4 heteroatoms. The van der Waals surface area contributed by atoms with Crippen LogP contribution in [0.4, 0.5) is 10.2 Å². The van der Waals surface area contributed by atoms with E-state index in [1.807, 2.05) is 12.1 Å². The minimum absolute atomic E-state index is 0.0707. The van der Waals surface area contributed by atoms with Gasteiger partial charge in [0.2, 0.25) is 0 Å². The molecule has 0 amide bonds. The van der Waals surface area contributed by atoms with Gasteiger partial charge in [-0.3, -0.25) is 5.32 Å². The molecule has 1 aromatic rings. The zero-order chi connectivity index (χ0) is 10.4. The highest BCUT2D eigenvalue weighted by Crippen LogP contribution is 2.34. The summed E-state index contributed by atoms with van der Waals surface area (Å²) in [6.07, 6.45) is 1.61. The van der Waals surface area contributed by atoms with Gasteiger partial charge in [-0.1, -0.05) is 6.07 Å². The molecule has 0 aromatic carbocycles. The molecule has 2 aliphatic rings. The van der Waals surface area contributed by atoms with Gasteiger partial charge in [0.1, 0.15) is 5.82 Å². The molecule has 0 spiro atoms. The van der Waals surface area contributed by atoms with Gasteiger partial charge in [0.15, 0.2) is 6.30 Å². The molecule has 3 unspecified atom stereocenters.